The van der Waals surface area contributed by atoms with Gasteiger partial charge in [0.05, 0.1) is 13.2 Å². The predicted molar refractivity (Wildman–Crippen MR) is 94.7 cm³/mol. The molecule has 4 heteroatoms. The fraction of sp³-hybridized carbons (Fsp3) is 0.857. The number of ether oxygens (including phenoxy) is 2. The Labute approximate surface area is 150 Å². The lowest BCUT2D eigenvalue weighted by atomic mass is 9.48. The summed E-state index contributed by atoms with van der Waals surface area (Å²) in [6, 6.07) is 0.366. The van der Waals surface area contributed by atoms with Gasteiger partial charge in [-0.1, -0.05) is 19.9 Å². The van der Waals surface area contributed by atoms with Gasteiger partial charge in [0.2, 0.25) is 5.91 Å². The third-order valence-electron chi connectivity index (χ3n) is 8.93. The van der Waals surface area contributed by atoms with Crippen molar-refractivity contribution in [1.82, 2.24) is 4.90 Å². The third-order valence-corrected chi connectivity index (χ3v) is 8.93. The molecular weight excluding hydrogens is 314 g/mol. The molecule has 1 spiro atoms. The van der Waals surface area contributed by atoms with E-state index in [1.54, 1.807) is 0 Å². The normalized spacial score (nSPS) is 50.7. The van der Waals surface area contributed by atoms with Crippen molar-refractivity contribution in [3.8, 4) is 0 Å². The SMILES string of the molecule is CN1C(=O)C=C[C@@]2(C)C1CC[C@@H]1[C@@H]2CC[C@@]2(C)[C@H]1CCC21OCCO1. The Hall–Kier alpha value is -0.870. The molecule has 138 valence electrons. The maximum Gasteiger partial charge on any atom is 0.246 e. The number of likely N-dealkylation sites (N-methyl/N-ethyl adjacent to an activating group) is 1. The first kappa shape index (κ1) is 16.3. The van der Waals surface area contributed by atoms with Crippen LogP contribution in [0.4, 0.5) is 0 Å². The molecule has 0 aromatic heterocycles. The van der Waals surface area contributed by atoms with E-state index in [0.29, 0.717) is 17.9 Å². The standard InChI is InChI=1S/C21H31NO3/c1-19-9-8-18(23)22(3)17(19)5-4-14-15(19)6-10-20(2)16(14)7-11-21(20)24-12-13-25-21/h8-9,14-17H,4-7,10-13H2,1-3H3/t14-,15+,16+,17?,19-,20+/m1/s1. The average molecular weight is 345 g/mol. The van der Waals surface area contributed by atoms with Crippen molar-refractivity contribution in [1.29, 1.82) is 0 Å². The molecule has 1 amide bonds. The largest absolute Gasteiger partial charge is 0.347 e. The summed E-state index contributed by atoms with van der Waals surface area (Å²) in [5.74, 6) is 1.97. The van der Waals surface area contributed by atoms with Gasteiger partial charge < -0.3 is 14.4 Å². The molecule has 2 aliphatic heterocycles. The Balaban J connectivity index is 1.50. The lowest BCUT2D eigenvalue weighted by Gasteiger charge is -2.60. The van der Waals surface area contributed by atoms with E-state index < -0.39 is 0 Å². The van der Waals surface area contributed by atoms with Crippen LogP contribution in [0.15, 0.2) is 12.2 Å². The number of hydrogen-bond donors (Lipinski definition) is 0. The van der Waals surface area contributed by atoms with Crippen molar-refractivity contribution in [2.45, 2.75) is 64.2 Å². The van der Waals surface area contributed by atoms with Crippen LogP contribution in [0.5, 0.6) is 0 Å². The van der Waals surface area contributed by atoms with Crippen LogP contribution in [0.2, 0.25) is 0 Å². The number of nitrogens with zero attached hydrogens (tertiary/aromatic N) is 1. The van der Waals surface area contributed by atoms with E-state index in [1.165, 1.54) is 25.7 Å². The monoisotopic (exact) mass is 345 g/mol. The Morgan fingerprint density at radius 2 is 1.76 bits per heavy atom. The van der Waals surface area contributed by atoms with Gasteiger partial charge in [0.1, 0.15) is 0 Å². The van der Waals surface area contributed by atoms with E-state index in [4.69, 9.17) is 9.47 Å². The molecule has 4 fully saturated rings. The van der Waals surface area contributed by atoms with Gasteiger partial charge in [-0.2, -0.15) is 0 Å². The molecule has 1 unspecified atom stereocenters. The van der Waals surface area contributed by atoms with Crippen LogP contribution in [0, 0.1) is 28.6 Å². The van der Waals surface area contributed by atoms with Gasteiger partial charge in [-0.05, 0) is 55.9 Å². The highest BCUT2D eigenvalue weighted by atomic mass is 16.7. The number of amides is 1. The minimum Gasteiger partial charge on any atom is -0.347 e. The third kappa shape index (κ3) is 1.88. The molecule has 5 aliphatic rings. The Morgan fingerprint density at radius 3 is 2.52 bits per heavy atom. The van der Waals surface area contributed by atoms with Crippen LogP contribution in [0.3, 0.4) is 0 Å². The number of fused-ring (bicyclic) bond motifs is 6. The van der Waals surface area contributed by atoms with E-state index >= 15 is 0 Å². The minimum absolute atomic E-state index is 0.125. The Kier molecular flexibility index (Phi) is 3.33. The summed E-state index contributed by atoms with van der Waals surface area (Å²) in [4.78, 5) is 14.2. The van der Waals surface area contributed by atoms with Crippen molar-refractivity contribution in [2.24, 2.45) is 28.6 Å². The topological polar surface area (TPSA) is 38.8 Å². The highest BCUT2D eigenvalue weighted by Gasteiger charge is 2.67. The summed E-state index contributed by atoms with van der Waals surface area (Å²) in [6.45, 7) is 6.36. The molecule has 3 saturated carbocycles. The first-order valence-corrected chi connectivity index (χ1v) is 10.2. The first-order chi connectivity index (χ1) is 11.9. The molecule has 0 radical (unpaired) electrons. The maximum absolute atomic E-state index is 12.2. The van der Waals surface area contributed by atoms with Crippen LogP contribution in [0.1, 0.15) is 52.4 Å². The summed E-state index contributed by atoms with van der Waals surface area (Å²) in [5, 5.41) is 0. The molecule has 0 aromatic carbocycles. The lowest BCUT2D eigenvalue weighted by Crippen LogP contribution is -2.61. The molecule has 1 saturated heterocycles. The maximum atomic E-state index is 12.2. The summed E-state index contributed by atoms with van der Waals surface area (Å²) in [7, 11) is 1.99. The van der Waals surface area contributed by atoms with Crippen LogP contribution in [-0.4, -0.2) is 42.9 Å². The lowest BCUT2D eigenvalue weighted by molar-refractivity contribution is -0.244. The van der Waals surface area contributed by atoms with Gasteiger partial charge in [-0.25, -0.2) is 0 Å². The van der Waals surface area contributed by atoms with E-state index in [9.17, 15) is 4.79 Å². The van der Waals surface area contributed by atoms with E-state index in [2.05, 4.69) is 19.9 Å². The van der Waals surface area contributed by atoms with E-state index in [1.807, 2.05) is 18.0 Å². The fourth-order valence-corrected chi connectivity index (χ4v) is 7.62. The molecule has 2 heterocycles. The van der Waals surface area contributed by atoms with E-state index in [0.717, 1.165) is 32.0 Å². The second kappa shape index (κ2) is 5.10. The number of carbonyl (C=O) groups is 1. The molecule has 3 aliphatic carbocycles. The molecule has 0 N–H and O–H groups in total. The molecule has 0 aromatic rings. The van der Waals surface area contributed by atoms with Crippen molar-refractivity contribution >= 4 is 5.91 Å². The predicted octanol–water partition coefficient (Wildman–Crippen LogP) is 3.37. The van der Waals surface area contributed by atoms with E-state index in [-0.39, 0.29) is 22.5 Å². The van der Waals surface area contributed by atoms with Gasteiger partial charge in [-0.3, -0.25) is 4.79 Å². The van der Waals surface area contributed by atoms with Crippen LogP contribution >= 0.6 is 0 Å². The number of carbonyl (C=O) groups excluding carboxylic acids is 1. The summed E-state index contributed by atoms with van der Waals surface area (Å²) >= 11 is 0. The second-order valence-electron chi connectivity index (χ2n) is 9.56. The van der Waals surface area contributed by atoms with Gasteiger partial charge >= 0.3 is 0 Å². The van der Waals surface area contributed by atoms with Crippen LogP contribution in [-0.2, 0) is 14.3 Å². The Morgan fingerprint density at radius 1 is 1.04 bits per heavy atom. The fourth-order valence-electron chi connectivity index (χ4n) is 7.62. The molecule has 5 rings (SSSR count). The average Bonchev–Trinajstić information content (AvgIpc) is 3.18. The molecule has 0 bridgehead atoms. The van der Waals surface area contributed by atoms with Crippen molar-refractivity contribution in [3.05, 3.63) is 12.2 Å². The molecule has 6 atom stereocenters. The van der Waals surface area contributed by atoms with Gasteiger partial charge in [0, 0.05) is 30.3 Å². The molecule has 4 nitrogen and oxygen atoms in total. The summed E-state index contributed by atoms with van der Waals surface area (Å²) < 4.78 is 12.5. The zero-order chi connectivity index (χ0) is 17.4. The van der Waals surface area contributed by atoms with Gasteiger partial charge in [0.15, 0.2) is 5.79 Å². The summed E-state index contributed by atoms with van der Waals surface area (Å²) in [6.07, 6.45) is 11.2. The molecule has 25 heavy (non-hydrogen) atoms. The highest BCUT2D eigenvalue weighted by molar-refractivity contribution is 5.89. The van der Waals surface area contributed by atoms with Gasteiger partial charge in [-0.15, -0.1) is 0 Å². The summed E-state index contributed by atoms with van der Waals surface area (Å²) in [5.41, 5.74) is 0.286. The smallest absolute Gasteiger partial charge is 0.246 e. The van der Waals surface area contributed by atoms with Crippen molar-refractivity contribution < 1.29 is 14.3 Å². The number of rotatable bonds is 0. The van der Waals surface area contributed by atoms with Crippen LogP contribution in [0.25, 0.3) is 0 Å². The van der Waals surface area contributed by atoms with Gasteiger partial charge in [0.25, 0.3) is 0 Å². The molecular formula is C21H31NO3. The first-order valence-electron chi connectivity index (χ1n) is 10.2. The number of hydrogen-bond acceptors (Lipinski definition) is 3. The Bertz CT molecular complexity index is 625. The second-order valence-corrected chi connectivity index (χ2v) is 9.56. The minimum atomic E-state index is -0.310. The van der Waals surface area contributed by atoms with Crippen molar-refractivity contribution in [2.75, 3.05) is 20.3 Å². The zero-order valence-corrected chi connectivity index (χ0v) is 15.8. The highest BCUT2D eigenvalue weighted by Crippen LogP contribution is 2.67. The zero-order valence-electron chi connectivity index (χ0n) is 15.8. The van der Waals surface area contributed by atoms with Crippen LogP contribution < -0.4 is 0 Å². The quantitative estimate of drug-likeness (QED) is 0.676. The van der Waals surface area contributed by atoms with Crippen molar-refractivity contribution in [3.63, 3.8) is 0 Å².